The maximum atomic E-state index is 12.8. The molecule has 3 rings (SSSR count). The third-order valence-corrected chi connectivity index (χ3v) is 5.12. The van der Waals surface area contributed by atoms with E-state index in [1.54, 1.807) is 16.3 Å². The number of benzene rings is 1. The van der Waals surface area contributed by atoms with Gasteiger partial charge in [0.05, 0.1) is 10.9 Å². The lowest BCUT2D eigenvalue weighted by atomic mass is 10.2. The molecule has 0 atom stereocenters. The molecule has 0 bridgehead atoms. The summed E-state index contributed by atoms with van der Waals surface area (Å²) in [5, 5.41) is 10.2. The van der Waals surface area contributed by atoms with Crippen molar-refractivity contribution in [3.05, 3.63) is 34.6 Å². The van der Waals surface area contributed by atoms with Gasteiger partial charge in [-0.2, -0.15) is 0 Å². The summed E-state index contributed by atoms with van der Waals surface area (Å²) >= 11 is 1.69. The molecule has 0 N–H and O–H groups in total. The first-order valence-electron chi connectivity index (χ1n) is 8.13. The molecule has 23 heavy (non-hydrogen) atoms. The largest absolute Gasteiger partial charge is 0.276 e. The van der Waals surface area contributed by atoms with E-state index in [2.05, 4.69) is 31.0 Å². The molecule has 6 heteroatoms. The van der Waals surface area contributed by atoms with Crippen LogP contribution in [0.25, 0.3) is 16.7 Å². The van der Waals surface area contributed by atoms with E-state index < -0.39 is 0 Å². The fraction of sp³-hybridized carbons (Fsp3) is 0.471. The summed E-state index contributed by atoms with van der Waals surface area (Å²) in [6.45, 7) is 7.17. The van der Waals surface area contributed by atoms with E-state index in [-0.39, 0.29) is 5.56 Å². The van der Waals surface area contributed by atoms with Gasteiger partial charge >= 0.3 is 0 Å². The highest BCUT2D eigenvalue weighted by molar-refractivity contribution is 7.99. The molecule has 0 unspecified atom stereocenters. The summed E-state index contributed by atoms with van der Waals surface area (Å²) in [6.07, 6.45) is 1.99. The molecule has 1 aromatic carbocycles. The number of fused-ring (bicyclic) bond motifs is 3. The molecule has 0 amide bonds. The Labute approximate surface area is 139 Å². The Kier molecular flexibility index (Phi) is 4.71. The van der Waals surface area contributed by atoms with E-state index >= 15 is 0 Å². The quantitative estimate of drug-likeness (QED) is 0.648. The molecule has 0 saturated heterocycles. The number of hydrogen-bond donors (Lipinski definition) is 0. The van der Waals surface area contributed by atoms with Gasteiger partial charge in [-0.3, -0.25) is 13.8 Å². The van der Waals surface area contributed by atoms with Gasteiger partial charge in [-0.15, -0.1) is 10.2 Å². The van der Waals surface area contributed by atoms with Crippen LogP contribution in [0.1, 0.15) is 33.6 Å². The van der Waals surface area contributed by atoms with Crippen molar-refractivity contribution in [3.8, 4) is 0 Å². The van der Waals surface area contributed by atoms with E-state index in [0.29, 0.717) is 18.2 Å². The van der Waals surface area contributed by atoms with Crippen LogP contribution in [-0.2, 0) is 6.54 Å². The fourth-order valence-corrected chi connectivity index (χ4v) is 3.48. The van der Waals surface area contributed by atoms with Crippen LogP contribution in [0.3, 0.4) is 0 Å². The molecular weight excluding hydrogens is 308 g/mol. The summed E-state index contributed by atoms with van der Waals surface area (Å²) in [6, 6.07) is 7.71. The standard InChI is InChI=1S/C17H22N4OS/c1-4-5-10-20-15(22)13-8-6-7-9-14(13)21-16(20)18-19-17(21)23-11-12(2)3/h6-9,12H,4-5,10-11H2,1-3H3. The van der Waals surface area contributed by atoms with Gasteiger partial charge in [0.1, 0.15) is 0 Å². The first-order valence-corrected chi connectivity index (χ1v) is 9.11. The van der Waals surface area contributed by atoms with Crippen molar-refractivity contribution >= 4 is 28.4 Å². The fourth-order valence-electron chi connectivity index (χ4n) is 2.59. The Hall–Kier alpha value is -1.82. The molecule has 0 aliphatic carbocycles. The van der Waals surface area contributed by atoms with Gasteiger partial charge in [0.25, 0.3) is 5.56 Å². The van der Waals surface area contributed by atoms with Gasteiger partial charge in [-0.1, -0.05) is 51.1 Å². The Morgan fingerprint density at radius 1 is 1.22 bits per heavy atom. The van der Waals surface area contributed by atoms with E-state index in [1.165, 1.54) is 0 Å². The van der Waals surface area contributed by atoms with Gasteiger partial charge in [-0.05, 0) is 24.5 Å². The van der Waals surface area contributed by atoms with Crippen molar-refractivity contribution in [2.75, 3.05) is 5.75 Å². The normalized spacial score (nSPS) is 11.8. The average molecular weight is 330 g/mol. The number of para-hydroxylation sites is 1. The average Bonchev–Trinajstić information content (AvgIpc) is 2.97. The molecule has 0 aliphatic heterocycles. The summed E-state index contributed by atoms with van der Waals surface area (Å²) in [7, 11) is 0. The SMILES string of the molecule is CCCCn1c(=O)c2ccccc2n2c(SCC(C)C)nnc12. The van der Waals surface area contributed by atoms with Gasteiger partial charge in [0.2, 0.25) is 5.78 Å². The minimum Gasteiger partial charge on any atom is -0.276 e. The molecule has 0 aliphatic rings. The second kappa shape index (κ2) is 6.74. The highest BCUT2D eigenvalue weighted by Gasteiger charge is 2.16. The lowest BCUT2D eigenvalue weighted by Gasteiger charge is -2.11. The zero-order chi connectivity index (χ0) is 16.4. The molecule has 3 aromatic rings. The van der Waals surface area contributed by atoms with Gasteiger partial charge in [-0.25, -0.2) is 0 Å². The van der Waals surface area contributed by atoms with Crippen molar-refractivity contribution in [2.24, 2.45) is 5.92 Å². The topological polar surface area (TPSA) is 52.2 Å². The molecule has 2 aromatic heterocycles. The van der Waals surface area contributed by atoms with Crippen molar-refractivity contribution in [1.82, 2.24) is 19.2 Å². The number of aromatic nitrogens is 4. The van der Waals surface area contributed by atoms with Crippen LogP contribution in [0.15, 0.2) is 34.2 Å². The third-order valence-electron chi connectivity index (χ3n) is 3.76. The summed E-state index contributed by atoms with van der Waals surface area (Å²) in [4.78, 5) is 12.8. The van der Waals surface area contributed by atoms with Gasteiger partial charge in [0.15, 0.2) is 5.16 Å². The molecule has 0 fully saturated rings. The highest BCUT2D eigenvalue weighted by Crippen LogP contribution is 2.23. The number of unbranched alkanes of at least 4 members (excludes halogenated alkanes) is 1. The third kappa shape index (κ3) is 3.00. The van der Waals surface area contributed by atoms with Gasteiger partial charge < -0.3 is 0 Å². The van der Waals surface area contributed by atoms with E-state index in [0.717, 1.165) is 34.7 Å². The van der Waals surface area contributed by atoms with E-state index in [9.17, 15) is 4.79 Å². The predicted octanol–water partition coefficient (Wildman–Crippen LogP) is 3.59. The lowest BCUT2D eigenvalue weighted by molar-refractivity contribution is 0.620. The van der Waals surface area contributed by atoms with Crippen molar-refractivity contribution in [2.45, 2.75) is 45.3 Å². The molecular formula is C17H22N4OS. The van der Waals surface area contributed by atoms with Crippen LogP contribution in [-0.4, -0.2) is 24.9 Å². The van der Waals surface area contributed by atoms with Crippen LogP contribution in [0, 0.1) is 5.92 Å². The van der Waals surface area contributed by atoms with Crippen molar-refractivity contribution < 1.29 is 0 Å². The maximum absolute atomic E-state index is 12.8. The van der Waals surface area contributed by atoms with Crippen LogP contribution < -0.4 is 5.56 Å². The second-order valence-electron chi connectivity index (χ2n) is 6.15. The van der Waals surface area contributed by atoms with Crippen LogP contribution in [0.5, 0.6) is 0 Å². The van der Waals surface area contributed by atoms with Crippen LogP contribution in [0.2, 0.25) is 0 Å². The summed E-state index contributed by atoms with van der Waals surface area (Å²) in [5.41, 5.74) is 0.908. The number of rotatable bonds is 6. The van der Waals surface area contributed by atoms with Crippen molar-refractivity contribution in [1.29, 1.82) is 0 Å². The minimum atomic E-state index is 0.0226. The van der Waals surface area contributed by atoms with E-state index in [1.807, 2.05) is 28.7 Å². The predicted molar refractivity (Wildman–Crippen MR) is 95.2 cm³/mol. The zero-order valence-corrected chi connectivity index (χ0v) is 14.6. The van der Waals surface area contributed by atoms with Crippen LogP contribution >= 0.6 is 11.8 Å². The Bertz CT molecular complexity index is 881. The summed E-state index contributed by atoms with van der Waals surface area (Å²) in [5.74, 6) is 2.20. The summed E-state index contributed by atoms with van der Waals surface area (Å²) < 4.78 is 3.79. The molecule has 0 spiro atoms. The number of thioether (sulfide) groups is 1. The Balaban J connectivity index is 2.26. The number of nitrogens with zero attached hydrogens (tertiary/aromatic N) is 4. The Morgan fingerprint density at radius 2 is 2.00 bits per heavy atom. The molecule has 5 nitrogen and oxygen atoms in total. The smallest absolute Gasteiger partial charge is 0.262 e. The van der Waals surface area contributed by atoms with Crippen LogP contribution in [0.4, 0.5) is 0 Å². The number of hydrogen-bond acceptors (Lipinski definition) is 4. The number of aryl methyl sites for hydroxylation is 1. The maximum Gasteiger partial charge on any atom is 0.262 e. The second-order valence-corrected chi connectivity index (χ2v) is 7.14. The van der Waals surface area contributed by atoms with Gasteiger partial charge in [0, 0.05) is 12.3 Å². The monoisotopic (exact) mass is 330 g/mol. The lowest BCUT2D eigenvalue weighted by Crippen LogP contribution is -2.23. The minimum absolute atomic E-state index is 0.0226. The Morgan fingerprint density at radius 3 is 2.74 bits per heavy atom. The highest BCUT2D eigenvalue weighted by atomic mass is 32.2. The molecule has 122 valence electrons. The first-order chi connectivity index (χ1) is 11.1. The first kappa shape index (κ1) is 16.1. The van der Waals surface area contributed by atoms with E-state index in [4.69, 9.17) is 0 Å². The molecule has 2 heterocycles. The molecule has 0 saturated carbocycles. The van der Waals surface area contributed by atoms with Crippen molar-refractivity contribution in [3.63, 3.8) is 0 Å². The zero-order valence-electron chi connectivity index (χ0n) is 13.8. The molecule has 0 radical (unpaired) electrons.